The lowest BCUT2D eigenvalue weighted by Gasteiger charge is -2.24. The highest BCUT2D eigenvalue weighted by Crippen LogP contribution is 2.37. The Labute approximate surface area is 158 Å². The monoisotopic (exact) mass is 393 g/mol. The van der Waals surface area contributed by atoms with E-state index in [2.05, 4.69) is 28.5 Å². The summed E-state index contributed by atoms with van der Waals surface area (Å²) in [5.41, 5.74) is 6.53. The van der Waals surface area contributed by atoms with Crippen molar-refractivity contribution in [3.8, 4) is 11.8 Å². The minimum absolute atomic E-state index is 0.186. The summed E-state index contributed by atoms with van der Waals surface area (Å²) in [4.78, 5) is 19.7. The van der Waals surface area contributed by atoms with E-state index in [1.807, 2.05) is 30.3 Å². The average Bonchev–Trinajstić information content (AvgIpc) is 3.04. The zero-order valence-corrected chi connectivity index (χ0v) is 16.4. The lowest BCUT2D eigenvalue weighted by atomic mass is 9.98. The van der Waals surface area contributed by atoms with Gasteiger partial charge in [0.15, 0.2) is 0 Å². The molecule has 0 saturated carbocycles. The molecule has 0 saturated heterocycles. The summed E-state index contributed by atoms with van der Waals surface area (Å²) in [5, 5.41) is 0. The van der Waals surface area contributed by atoms with Crippen molar-refractivity contribution in [1.82, 2.24) is 0 Å². The van der Waals surface area contributed by atoms with E-state index in [9.17, 15) is 4.57 Å². The van der Waals surface area contributed by atoms with Crippen LogP contribution in [-0.2, 0) is 21.9 Å². The van der Waals surface area contributed by atoms with E-state index in [1.165, 1.54) is 5.56 Å². The van der Waals surface area contributed by atoms with Gasteiger partial charge in [-0.2, -0.15) is 0 Å². The van der Waals surface area contributed by atoms with Gasteiger partial charge in [0.25, 0.3) is 0 Å². The van der Waals surface area contributed by atoms with Crippen LogP contribution in [0.2, 0.25) is 0 Å². The van der Waals surface area contributed by atoms with Crippen molar-refractivity contribution in [1.29, 1.82) is 0 Å². The molecule has 1 aromatic heterocycles. The molecule has 1 heterocycles. The van der Waals surface area contributed by atoms with Crippen molar-refractivity contribution in [3.05, 3.63) is 57.8 Å². The van der Waals surface area contributed by atoms with Gasteiger partial charge in [0.1, 0.15) is 0 Å². The zero-order valence-electron chi connectivity index (χ0n) is 14.7. The molecule has 0 amide bonds. The Morgan fingerprint density at radius 3 is 2.62 bits per heavy atom. The third-order valence-corrected chi connectivity index (χ3v) is 5.29. The molecular weight excluding hydrogens is 369 g/mol. The molecule has 1 atom stereocenters. The molecule has 0 aliphatic carbocycles. The standard InChI is InChI=1S/C19H24NO4PS/c1-19(20,15-24-25(21,22)23)14-13-18-12-11-17(26-18)10-6-5-9-16-7-3-2-4-8-16/h2-4,7-8,11-12H,5,9,13-15,20H2,1H3,(H2,21,22,23). The van der Waals surface area contributed by atoms with Crippen LogP contribution < -0.4 is 5.73 Å². The summed E-state index contributed by atoms with van der Waals surface area (Å²) < 4.78 is 15.3. The average molecular weight is 393 g/mol. The van der Waals surface area contributed by atoms with Crippen LogP contribution >= 0.6 is 19.2 Å². The minimum Gasteiger partial charge on any atom is -0.323 e. The number of phosphoric acid groups is 1. The molecule has 0 aliphatic heterocycles. The molecule has 26 heavy (non-hydrogen) atoms. The first-order valence-corrected chi connectivity index (χ1v) is 10.7. The van der Waals surface area contributed by atoms with E-state index < -0.39 is 13.4 Å². The van der Waals surface area contributed by atoms with Gasteiger partial charge >= 0.3 is 7.82 Å². The third kappa shape index (κ3) is 8.29. The second-order valence-corrected chi connectivity index (χ2v) is 8.88. The smallest absolute Gasteiger partial charge is 0.323 e. The molecule has 7 heteroatoms. The van der Waals surface area contributed by atoms with Crippen molar-refractivity contribution >= 4 is 19.2 Å². The second kappa shape index (κ2) is 9.48. The lowest BCUT2D eigenvalue weighted by molar-refractivity contribution is 0.154. The van der Waals surface area contributed by atoms with Gasteiger partial charge in [0.05, 0.1) is 11.5 Å². The van der Waals surface area contributed by atoms with E-state index in [-0.39, 0.29) is 6.61 Å². The summed E-state index contributed by atoms with van der Waals surface area (Å²) in [6.07, 6.45) is 3.04. The molecule has 1 unspecified atom stereocenters. The fourth-order valence-corrected chi connectivity index (χ4v) is 3.64. The number of benzene rings is 1. The molecule has 0 aliphatic rings. The predicted molar refractivity (Wildman–Crippen MR) is 105 cm³/mol. The molecule has 2 aromatic rings. The predicted octanol–water partition coefficient (Wildman–Crippen LogP) is 3.49. The SMILES string of the molecule is CC(N)(CCc1ccc(C#CCCc2ccccc2)s1)COP(=O)(O)O. The van der Waals surface area contributed by atoms with Gasteiger partial charge in [-0.15, -0.1) is 11.3 Å². The Bertz CT molecular complexity index is 802. The topological polar surface area (TPSA) is 92.8 Å². The summed E-state index contributed by atoms with van der Waals surface area (Å²) in [6.45, 7) is 1.54. The maximum atomic E-state index is 10.8. The highest BCUT2D eigenvalue weighted by Gasteiger charge is 2.24. The van der Waals surface area contributed by atoms with Gasteiger partial charge < -0.3 is 15.5 Å². The summed E-state index contributed by atoms with van der Waals surface area (Å²) in [5.74, 6) is 6.39. The Hall–Kier alpha value is -1.45. The summed E-state index contributed by atoms with van der Waals surface area (Å²) in [6, 6.07) is 14.3. The summed E-state index contributed by atoms with van der Waals surface area (Å²) in [7, 11) is -4.49. The van der Waals surface area contributed by atoms with Crippen LogP contribution in [0.15, 0.2) is 42.5 Å². The number of phosphoric ester groups is 1. The molecule has 0 bridgehead atoms. The number of thiophene rings is 1. The molecule has 0 radical (unpaired) electrons. The summed E-state index contributed by atoms with van der Waals surface area (Å²) >= 11 is 1.62. The van der Waals surface area contributed by atoms with Crippen LogP contribution in [0, 0.1) is 11.8 Å². The van der Waals surface area contributed by atoms with Crippen molar-refractivity contribution in [2.24, 2.45) is 5.73 Å². The second-order valence-electron chi connectivity index (χ2n) is 6.47. The quantitative estimate of drug-likeness (QED) is 0.472. The Balaban J connectivity index is 1.79. The first-order valence-electron chi connectivity index (χ1n) is 8.34. The fraction of sp³-hybridized carbons (Fsp3) is 0.368. The molecule has 2 rings (SSSR count). The normalized spacial score (nSPS) is 13.7. The Morgan fingerprint density at radius 2 is 1.92 bits per heavy atom. The van der Waals surface area contributed by atoms with Crippen molar-refractivity contribution in [2.75, 3.05) is 6.61 Å². The van der Waals surface area contributed by atoms with Crippen LogP contribution in [0.1, 0.15) is 35.1 Å². The maximum absolute atomic E-state index is 10.8. The molecule has 0 fully saturated rings. The number of rotatable bonds is 8. The van der Waals surface area contributed by atoms with E-state index in [0.717, 1.165) is 22.6 Å². The lowest BCUT2D eigenvalue weighted by Crippen LogP contribution is -2.41. The highest BCUT2D eigenvalue weighted by molar-refractivity contribution is 7.46. The fourth-order valence-electron chi connectivity index (χ4n) is 2.29. The number of hydrogen-bond donors (Lipinski definition) is 3. The van der Waals surface area contributed by atoms with E-state index in [1.54, 1.807) is 18.3 Å². The van der Waals surface area contributed by atoms with Gasteiger partial charge in [0, 0.05) is 16.8 Å². The van der Waals surface area contributed by atoms with Crippen molar-refractivity contribution < 1.29 is 18.9 Å². The minimum atomic E-state index is -4.49. The molecule has 140 valence electrons. The van der Waals surface area contributed by atoms with Gasteiger partial charge in [-0.3, -0.25) is 4.52 Å². The molecule has 4 N–H and O–H groups in total. The van der Waals surface area contributed by atoms with E-state index >= 15 is 0 Å². The van der Waals surface area contributed by atoms with E-state index in [4.69, 9.17) is 15.5 Å². The maximum Gasteiger partial charge on any atom is 0.469 e. The van der Waals surface area contributed by atoms with E-state index in [0.29, 0.717) is 12.8 Å². The Kier molecular flexibility index (Phi) is 7.60. The molecular formula is C19H24NO4PS. The zero-order chi connectivity index (χ0) is 19.0. The molecule has 0 spiro atoms. The molecule has 5 nitrogen and oxygen atoms in total. The van der Waals surface area contributed by atoms with Crippen LogP contribution in [-0.4, -0.2) is 21.9 Å². The van der Waals surface area contributed by atoms with Gasteiger partial charge in [-0.05, 0) is 43.9 Å². The van der Waals surface area contributed by atoms with Crippen molar-refractivity contribution in [3.63, 3.8) is 0 Å². The van der Waals surface area contributed by atoms with Gasteiger partial charge in [0.2, 0.25) is 0 Å². The number of hydrogen-bond acceptors (Lipinski definition) is 4. The van der Waals surface area contributed by atoms with Crippen LogP contribution in [0.25, 0.3) is 0 Å². The number of aryl methyl sites for hydroxylation is 2. The first-order chi connectivity index (χ1) is 12.2. The van der Waals surface area contributed by atoms with Crippen molar-refractivity contribution in [2.45, 2.75) is 38.1 Å². The first kappa shape index (κ1) is 20.9. The van der Waals surface area contributed by atoms with Crippen LogP contribution in [0.3, 0.4) is 0 Å². The van der Waals surface area contributed by atoms with Crippen LogP contribution in [0.5, 0.6) is 0 Å². The highest BCUT2D eigenvalue weighted by atomic mass is 32.1. The molecule has 1 aromatic carbocycles. The Morgan fingerprint density at radius 1 is 1.19 bits per heavy atom. The third-order valence-electron chi connectivity index (χ3n) is 3.76. The largest absolute Gasteiger partial charge is 0.469 e. The van der Waals surface area contributed by atoms with Gasteiger partial charge in [-0.25, -0.2) is 4.57 Å². The van der Waals surface area contributed by atoms with Crippen LogP contribution in [0.4, 0.5) is 0 Å². The van der Waals surface area contributed by atoms with Gasteiger partial charge in [-0.1, -0.05) is 42.2 Å². The number of nitrogens with two attached hydrogens (primary N) is 1.